The van der Waals surface area contributed by atoms with Crippen molar-refractivity contribution in [3.63, 3.8) is 0 Å². The molecule has 130 valence electrons. The number of aromatic nitrogens is 2. The van der Waals surface area contributed by atoms with E-state index in [1.165, 1.54) is 0 Å². The van der Waals surface area contributed by atoms with Crippen LogP contribution in [-0.2, 0) is 6.54 Å². The molecule has 1 unspecified atom stereocenters. The first-order valence-corrected chi connectivity index (χ1v) is 8.48. The molecule has 0 spiro atoms. The molecule has 0 fully saturated rings. The summed E-state index contributed by atoms with van der Waals surface area (Å²) >= 11 is 6.38. The first-order valence-electron chi connectivity index (χ1n) is 8.11. The van der Waals surface area contributed by atoms with Crippen molar-refractivity contribution in [2.24, 2.45) is 5.92 Å². The smallest absolute Gasteiger partial charge is 0.256 e. The normalized spacial score (nSPS) is 12.4. The first-order chi connectivity index (χ1) is 11.4. The van der Waals surface area contributed by atoms with Crippen molar-refractivity contribution in [1.82, 2.24) is 15.1 Å². The highest BCUT2D eigenvalue weighted by molar-refractivity contribution is 6.33. The lowest BCUT2D eigenvalue weighted by molar-refractivity contribution is 0.0908. The number of halogens is 1. The Hall–Kier alpha value is -1.85. The summed E-state index contributed by atoms with van der Waals surface area (Å²) in [5.41, 5.74) is 2.01. The summed E-state index contributed by atoms with van der Waals surface area (Å²) in [5, 5.41) is 17.0. The molecular weight excluding hydrogens is 326 g/mol. The maximum atomic E-state index is 12.5. The predicted molar refractivity (Wildman–Crippen MR) is 95.3 cm³/mol. The van der Waals surface area contributed by atoms with E-state index in [-0.39, 0.29) is 18.6 Å². The maximum absolute atomic E-state index is 12.5. The fourth-order valence-electron chi connectivity index (χ4n) is 2.68. The second kappa shape index (κ2) is 8.31. The lowest BCUT2D eigenvalue weighted by atomic mass is 10.0. The fourth-order valence-corrected chi connectivity index (χ4v) is 3.00. The zero-order chi connectivity index (χ0) is 17.7. The van der Waals surface area contributed by atoms with Crippen molar-refractivity contribution in [3.05, 3.63) is 52.3 Å². The van der Waals surface area contributed by atoms with Gasteiger partial charge in [-0.2, -0.15) is 5.10 Å². The summed E-state index contributed by atoms with van der Waals surface area (Å²) in [4.78, 5) is 12.5. The molecule has 5 nitrogen and oxygen atoms in total. The van der Waals surface area contributed by atoms with Crippen molar-refractivity contribution >= 4 is 17.5 Å². The van der Waals surface area contributed by atoms with Gasteiger partial charge in [-0.3, -0.25) is 4.79 Å². The van der Waals surface area contributed by atoms with Crippen LogP contribution in [0.1, 0.15) is 41.9 Å². The Balaban J connectivity index is 2.17. The van der Waals surface area contributed by atoms with E-state index in [4.69, 9.17) is 11.6 Å². The van der Waals surface area contributed by atoms with Gasteiger partial charge in [0.15, 0.2) is 0 Å². The Kier molecular flexibility index (Phi) is 6.40. The second-order valence-electron chi connectivity index (χ2n) is 6.38. The van der Waals surface area contributed by atoms with Gasteiger partial charge < -0.3 is 10.4 Å². The number of hydrogen-bond donors (Lipinski definition) is 2. The molecule has 2 N–H and O–H groups in total. The molecule has 1 aromatic carbocycles. The van der Waals surface area contributed by atoms with E-state index in [9.17, 15) is 9.90 Å². The minimum absolute atomic E-state index is 0.0985. The number of carbonyl (C=O) groups is 1. The molecular formula is C18H24ClN3O2. The van der Waals surface area contributed by atoms with E-state index in [2.05, 4.69) is 10.4 Å². The molecule has 0 saturated carbocycles. The molecule has 0 aliphatic carbocycles. The quantitative estimate of drug-likeness (QED) is 0.807. The molecule has 1 aromatic heterocycles. The van der Waals surface area contributed by atoms with Crippen LogP contribution in [0.4, 0.5) is 0 Å². The Bertz CT molecular complexity index is 683. The Morgan fingerprint density at radius 3 is 2.58 bits per heavy atom. The van der Waals surface area contributed by atoms with Gasteiger partial charge in [0.05, 0.1) is 30.5 Å². The van der Waals surface area contributed by atoms with Crippen LogP contribution in [0.3, 0.4) is 0 Å². The molecule has 0 saturated heterocycles. The summed E-state index contributed by atoms with van der Waals surface area (Å²) < 4.78 is 1.62. The van der Waals surface area contributed by atoms with E-state index in [1.54, 1.807) is 11.6 Å². The summed E-state index contributed by atoms with van der Waals surface area (Å²) in [6.07, 6.45) is 0.705. The van der Waals surface area contributed by atoms with Crippen molar-refractivity contribution in [3.8, 4) is 0 Å². The van der Waals surface area contributed by atoms with Gasteiger partial charge in [0, 0.05) is 0 Å². The Morgan fingerprint density at radius 2 is 2.00 bits per heavy atom. The van der Waals surface area contributed by atoms with Crippen LogP contribution in [0.2, 0.25) is 5.15 Å². The number of carbonyl (C=O) groups excluding carboxylic acids is 1. The second-order valence-corrected chi connectivity index (χ2v) is 6.73. The molecule has 24 heavy (non-hydrogen) atoms. The number of benzene rings is 1. The zero-order valence-corrected chi connectivity index (χ0v) is 15.0. The van der Waals surface area contributed by atoms with Gasteiger partial charge in [-0.1, -0.05) is 55.8 Å². The van der Waals surface area contributed by atoms with Crippen LogP contribution in [-0.4, -0.2) is 33.4 Å². The average Bonchev–Trinajstić information content (AvgIpc) is 2.81. The van der Waals surface area contributed by atoms with Crippen LogP contribution in [0.15, 0.2) is 30.3 Å². The van der Waals surface area contributed by atoms with Crippen LogP contribution in [0, 0.1) is 12.8 Å². The molecule has 6 heteroatoms. The van der Waals surface area contributed by atoms with E-state index >= 15 is 0 Å². The highest BCUT2D eigenvalue weighted by atomic mass is 35.5. The van der Waals surface area contributed by atoms with Crippen molar-refractivity contribution in [2.75, 3.05) is 6.61 Å². The van der Waals surface area contributed by atoms with Gasteiger partial charge >= 0.3 is 0 Å². The van der Waals surface area contributed by atoms with Gasteiger partial charge in [-0.25, -0.2) is 4.68 Å². The molecule has 2 rings (SSSR count). The lowest BCUT2D eigenvalue weighted by Crippen LogP contribution is -2.38. The number of aliphatic hydroxyl groups is 1. The average molecular weight is 350 g/mol. The summed E-state index contributed by atoms with van der Waals surface area (Å²) in [6.45, 7) is 6.26. The first kappa shape index (κ1) is 18.5. The van der Waals surface area contributed by atoms with Crippen LogP contribution < -0.4 is 5.32 Å². The van der Waals surface area contributed by atoms with Crippen LogP contribution in [0.5, 0.6) is 0 Å². The standard InChI is InChI=1S/C18H24ClN3O2/c1-12(2)9-15(11-23)20-18(24)16-13(3)21-22(17(16)19)10-14-7-5-4-6-8-14/h4-8,12,15,23H,9-11H2,1-3H3,(H,20,24). The number of aliphatic hydroxyl groups excluding tert-OH is 1. The zero-order valence-electron chi connectivity index (χ0n) is 14.3. The largest absolute Gasteiger partial charge is 0.394 e. The van der Waals surface area contributed by atoms with Crippen molar-refractivity contribution in [2.45, 2.75) is 39.8 Å². The number of rotatable bonds is 7. The molecule has 2 aromatic rings. The third-order valence-electron chi connectivity index (χ3n) is 3.78. The summed E-state index contributed by atoms with van der Waals surface area (Å²) in [5.74, 6) is 0.0799. The fraction of sp³-hybridized carbons (Fsp3) is 0.444. The molecule has 0 aliphatic heterocycles. The van der Waals surface area contributed by atoms with Crippen molar-refractivity contribution in [1.29, 1.82) is 0 Å². The summed E-state index contributed by atoms with van der Waals surface area (Å²) in [7, 11) is 0. The monoisotopic (exact) mass is 349 g/mol. The summed E-state index contributed by atoms with van der Waals surface area (Å²) in [6, 6.07) is 9.53. The molecule has 0 aliphatic rings. The number of nitrogens with one attached hydrogen (secondary N) is 1. The SMILES string of the molecule is Cc1nn(Cc2ccccc2)c(Cl)c1C(=O)NC(CO)CC(C)C. The number of aryl methyl sites for hydroxylation is 1. The third kappa shape index (κ3) is 4.58. The van der Waals surface area contributed by atoms with Gasteiger partial charge in [-0.05, 0) is 24.8 Å². The van der Waals surface area contributed by atoms with E-state index in [0.717, 1.165) is 5.56 Å². The Labute approximate surface area is 147 Å². The van der Waals surface area contributed by atoms with Crippen molar-refractivity contribution < 1.29 is 9.90 Å². The van der Waals surface area contributed by atoms with Gasteiger partial charge in [-0.15, -0.1) is 0 Å². The van der Waals surface area contributed by atoms with Crippen LogP contribution in [0.25, 0.3) is 0 Å². The van der Waals surface area contributed by atoms with Gasteiger partial charge in [0.1, 0.15) is 5.15 Å². The number of amides is 1. The lowest BCUT2D eigenvalue weighted by Gasteiger charge is -2.18. The molecule has 1 heterocycles. The highest BCUT2D eigenvalue weighted by Crippen LogP contribution is 2.21. The van der Waals surface area contributed by atoms with Gasteiger partial charge in [0.2, 0.25) is 0 Å². The maximum Gasteiger partial charge on any atom is 0.256 e. The van der Waals surface area contributed by atoms with E-state index in [1.807, 2.05) is 44.2 Å². The van der Waals surface area contributed by atoms with Crippen LogP contribution >= 0.6 is 11.6 Å². The topological polar surface area (TPSA) is 67.2 Å². The molecule has 1 amide bonds. The minimum atomic E-state index is -0.295. The number of nitrogens with zero attached hydrogens (tertiary/aromatic N) is 2. The minimum Gasteiger partial charge on any atom is -0.394 e. The van der Waals surface area contributed by atoms with E-state index < -0.39 is 0 Å². The predicted octanol–water partition coefficient (Wildman–Crippen LogP) is 3.03. The molecule has 0 bridgehead atoms. The molecule has 0 radical (unpaired) electrons. The van der Waals surface area contributed by atoms with E-state index in [0.29, 0.717) is 35.3 Å². The highest BCUT2D eigenvalue weighted by Gasteiger charge is 2.23. The third-order valence-corrected chi connectivity index (χ3v) is 4.16. The van der Waals surface area contributed by atoms with Gasteiger partial charge in [0.25, 0.3) is 5.91 Å². The number of hydrogen-bond acceptors (Lipinski definition) is 3. The molecule has 1 atom stereocenters. The Morgan fingerprint density at radius 1 is 1.33 bits per heavy atom.